The fourth-order valence-corrected chi connectivity index (χ4v) is 2.32. The van der Waals surface area contributed by atoms with Gasteiger partial charge in [-0.2, -0.15) is 0 Å². The molecule has 0 saturated carbocycles. The molecular formula is C16H16Cl2N2O. The molecule has 0 saturated heterocycles. The summed E-state index contributed by atoms with van der Waals surface area (Å²) in [6.45, 7) is 1.78. The number of carbonyl (C=O) groups excluding carboxylic acids is 1. The molecule has 0 spiro atoms. The van der Waals surface area contributed by atoms with Gasteiger partial charge in [-0.25, -0.2) is 0 Å². The van der Waals surface area contributed by atoms with Crippen molar-refractivity contribution in [3.05, 3.63) is 64.1 Å². The smallest absolute Gasteiger partial charge is 0.229 e. The van der Waals surface area contributed by atoms with Crippen molar-refractivity contribution in [1.82, 2.24) is 0 Å². The van der Waals surface area contributed by atoms with Gasteiger partial charge in [0.2, 0.25) is 5.91 Å². The van der Waals surface area contributed by atoms with Crippen molar-refractivity contribution < 1.29 is 4.79 Å². The Balaban J connectivity index is 2.11. The monoisotopic (exact) mass is 322 g/mol. The van der Waals surface area contributed by atoms with E-state index in [1.165, 1.54) is 0 Å². The van der Waals surface area contributed by atoms with E-state index in [0.717, 1.165) is 5.56 Å². The van der Waals surface area contributed by atoms with E-state index >= 15 is 0 Å². The first-order valence-corrected chi connectivity index (χ1v) is 7.31. The van der Waals surface area contributed by atoms with E-state index in [0.29, 0.717) is 15.7 Å². The van der Waals surface area contributed by atoms with Crippen LogP contribution in [0.2, 0.25) is 10.0 Å². The second-order valence-electron chi connectivity index (χ2n) is 4.82. The molecule has 0 aromatic heterocycles. The molecule has 2 rings (SSSR count). The number of hydrogen-bond acceptors (Lipinski definition) is 2. The van der Waals surface area contributed by atoms with E-state index in [2.05, 4.69) is 5.32 Å². The van der Waals surface area contributed by atoms with Gasteiger partial charge in [0.25, 0.3) is 0 Å². The van der Waals surface area contributed by atoms with Gasteiger partial charge in [-0.05, 0) is 17.7 Å². The van der Waals surface area contributed by atoms with Crippen molar-refractivity contribution in [2.24, 2.45) is 11.7 Å². The van der Waals surface area contributed by atoms with Crippen LogP contribution in [-0.2, 0) is 4.79 Å². The van der Waals surface area contributed by atoms with E-state index in [1.54, 1.807) is 25.1 Å². The van der Waals surface area contributed by atoms with Crippen molar-refractivity contribution in [3.8, 4) is 0 Å². The number of hydrogen-bond donors (Lipinski definition) is 2. The Morgan fingerprint density at radius 3 is 2.43 bits per heavy atom. The second kappa shape index (κ2) is 6.94. The molecule has 2 atom stereocenters. The Morgan fingerprint density at radius 2 is 1.76 bits per heavy atom. The van der Waals surface area contributed by atoms with Gasteiger partial charge in [0.05, 0.1) is 21.7 Å². The molecule has 0 aliphatic carbocycles. The Hall–Kier alpha value is -1.55. The lowest BCUT2D eigenvalue weighted by molar-refractivity contribution is -0.120. The zero-order valence-corrected chi connectivity index (χ0v) is 13.0. The van der Waals surface area contributed by atoms with Crippen LogP contribution in [0.5, 0.6) is 0 Å². The summed E-state index contributed by atoms with van der Waals surface area (Å²) in [5.41, 5.74) is 7.54. The zero-order valence-electron chi connectivity index (χ0n) is 11.5. The molecule has 1 amide bonds. The van der Waals surface area contributed by atoms with E-state index in [9.17, 15) is 4.79 Å². The Kier molecular flexibility index (Phi) is 5.23. The van der Waals surface area contributed by atoms with Gasteiger partial charge >= 0.3 is 0 Å². The third-order valence-corrected chi connectivity index (χ3v) is 4.17. The first-order valence-electron chi connectivity index (χ1n) is 6.56. The number of anilines is 1. The average Bonchev–Trinajstić information content (AvgIpc) is 2.51. The SMILES string of the molecule is CC(C(=O)Nc1cccc(Cl)c1Cl)C(N)c1ccccc1. The minimum Gasteiger partial charge on any atom is -0.324 e. The largest absolute Gasteiger partial charge is 0.324 e. The van der Waals surface area contributed by atoms with Crippen molar-refractivity contribution in [1.29, 1.82) is 0 Å². The van der Waals surface area contributed by atoms with E-state index in [4.69, 9.17) is 28.9 Å². The van der Waals surface area contributed by atoms with E-state index < -0.39 is 5.92 Å². The summed E-state index contributed by atoms with van der Waals surface area (Å²) in [6, 6.07) is 14.2. The van der Waals surface area contributed by atoms with E-state index in [-0.39, 0.29) is 11.9 Å². The number of nitrogens with one attached hydrogen (secondary N) is 1. The molecule has 21 heavy (non-hydrogen) atoms. The molecule has 2 aromatic rings. The summed E-state index contributed by atoms with van der Waals surface area (Å²) >= 11 is 12.0. The number of rotatable bonds is 4. The molecule has 3 nitrogen and oxygen atoms in total. The maximum atomic E-state index is 12.3. The lowest BCUT2D eigenvalue weighted by Gasteiger charge is -2.20. The fraction of sp³-hybridized carbons (Fsp3) is 0.188. The normalized spacial score (nSPS) is 13.5. The number of amides is 1. The summed E-state index contributed by atoms with van der Waals surface area (Å²) < 4.78 is 0. The highest BCUT2D eigenvalue weighted by Gasteiger charge is 2.22. The molecule has 0 aliphatic rings. The van der Waals surface area contributed by atoms with Crippen LogP contribution in [0.1, 0.15) is 18.5 Å². The summed E-state index contributed by atoms with van der Waals surface area (Å²) in [5.74, 6) is -0.599. The van der Waals surface area contributed by atoms with Gasteiger partial charge in [-0.3, -0.25) is 4.79 Å². The van der Waals surface area contributed by atoms with E-state index in [1.807, 2.05) is 30.3 Å². The topological polar surface area (TPSA) is 55.1 Å². The standard InChI is InChI=1S/C16H16Cl2N2O/c1-10(15(19)11-6-3-2-4-7-11)16(21)20-13-9-5-8-12(17)14(13)18/h2-10,15H,19H2,1H3,(H,20,21). The lowest BCUT2D eigenvalue weighted by atomic mass is 9.94. The van der Waals surface area contributed by atoms with Crippen LogP contribution < -0.4 is 11.1 Å². The highest BCUT2D eigenvalue weighted by atomic mass is 35.5. The van der Waals surface area contributed by atoms with Gasteiger partial charge in [-0.1, -0.05) is 66.5 Å². The van der Waals surface area contributed by atoms with Crippen molar-refractivity contribution in [2.45, 2.75) is 13.0 Å². The number of nitrogens with two attached hydrogens (primary N) is 1. The summed E-state index contributed by atoms with van der Waals surface area (Å²) in [7, 11) is 0. The zero-order chi connectivity index (χ0) is 15.4. The maximum Gasteiger partial charge on any atom is 0.229 e. The minimum atomic E-state index is -0.401. The minimum absolute atomic E-state index is 0.199. The second-order valence-corrected chi connectivity index (χ2v) is 5.60. The van der Waals surface area contributed by atoms with Gasteiger partial charge in [0.1, 0.15) is 0 Å². The predicted octanol–water partition coefficient (Wildman–Crippen LogP) is 4.27. The first kappa shape index (κ1) is 15.8. The molecule has 0 bridgehead atoms. The number of benzene rings is 2. The molecule has 0 heterocycles. The van der Waals surface area contributed by atoms with Crippen LogP contribution in [-0.4, -0.2) is 5.91 Å². The quantitative estimate of drug-likeness (QED) is 0.883. The summed E-state index contributed by atoms with van der Waals surface area (Å²) in [6.07, 6.45) is 0. The Labute approximate surface area is 134 Å². The molecule has 0 radical (unpaired) electrons. The van der Waals surface area contributed by atoms with Gasteiger partial charge in [-0.15, -0.1) is 0 Å². The highest BCUT2D eigenvalue weighted by Crippen LogP contribution is 2.30. The van der Waals surface area contributed by atoms with Gasteiger partial charge in [0.15, 0.2) is 0 Å². The number of halogens is 2. The molecule has 5 heteroatoms. The van der Waals surface area contributed by atoms with Gasteiger partial charge < -0.3 is 11.1 Å². The summed E-state index contributed by atoms with van der Waals surface area (Å²) in [4.78, 5) is 12.3. The van der Waals surface area contributed by atoms with Crippen LogP contribution >= 0.6 is 23.2 Å². The molecule has 110 valence electrons. The lowest BCUT2D eigenvalue weighted by Crippen LogP contribution is -2.30. The van der Waals surface area contributed by atoms with Crippen LogP contribution in [0.15, 0.2) is 48.5 Å². The molecular weight excluding hydrogens is 307 g/mol. The van der Waals surface area contributed by atoms with Crippen molar-refractivity contribution in [3.63, 3.8) is 0 Å². The van der Waals surface area contributed by atoms with Crippen LogP contribution in [0, 0.1) is 5.92 Å². The van der Waals surface area contributed by atoms with Gasteiger partial charge in [0, 0.05) is 6.04 Å². The summed E-state index contributed by atoms with van der Waals surface area (Å²) in [5, 5.41) is 3.49. The molecule has 0 fully saturated rings. The van der Waals surface area contributed by atoms with Crippen LogP contribution in [0.4, 0.5) is 5.69 Å². The fourth-order valence-electron chi connectivity index (χ4n) is 1.97. The molecule has 2 unspecified atom stereocenters. The Morgan fingerprint density at radius 1 is 1.10 bits per heavy atom. The molecule has 2 aromatic carbocycles. The number of carbonyl (C=O) groups is 1. The molecule has 0 aliphatic heterocycles. The van der Waals surface area contributed by atoms with Crippen LogP contribution in [0.3, 0.4) is 0 Å². The average molecular weight is 323 g/mol. The maximum absolute atomic E-state index is 12.3. The van der Waals surface area contributed by atoms with Crippen molar-refractivity contribution >= 4 is 34.8 Å². The Bertz CT molecular complexity index is 631. The first-order chi connectivity index (χ1) is 10.0. The predicted molar refractivity (Wildman–Crippen MR) is 87.6 cm³/mol. The third-order valence-electron chi connectivity index (χ3n) is 3.35. The highest BCUT2D eigenvalue weighted by molar-refractivity contribution is 6.44. The third kappa shape index (κ3) is 3.76. The van der Waals surface area contributed by atoms with Crippen LogP contribution in [0.25, 0.3) is 0 Å². The molecule has 3 N–H and O–H groups in total. The van der Waals surface area contributed by atoms with Crippen molar-refractivity contribution in [2.75, 3.05) is 5.32 Å².